The first kappa shape index (κ1) is 15.1. The van der Waals surface area contributed by atoms with Crippen LogP contribution in [0.1, 0.15) is 26.7 Å². The molecule has 1 aromatic carbocycles. The summed E-state index contributed by atoms with van der Waals surface area (Å²) >= 11 is 3.09. The van der Waals surface area contributed by atoms with E-state index in [1.165, 1.54) is 12.1 Å². The van der Waals surface area contributed by atoms with E-state index < -0.39 is 5.41 Å². The van der Waals surface area contributed by atoms with Gasteiger partial charge in [0.05, 0.1) is 9.89 Å². The molecule has 0 radical (unpaired) electrons. The lowest BCUT2D eigenvalue weighted by Gasteiger charge is -2.28. The van der Waals surface area contributed by atoms with Gasteiger partial charge >= 0.3 is 0 Å². The first-order chi connectivity index (χ1) is 8.49. The summed E-state index contributed by atoms with van der Waals surface area (Å²) < 4.78 is 13.4. The SMILES string of the molecule is CCC(CC)(CN)C(=O)Nc1ccc(F)c(Br)c1. The van der Waals surface area contributed by atoms with E-state index in [-0.39, 0.29) is 11.7 Å². The van der Waals surface area contributed by atoms with Crippen molar-refractivity contribution >= 4 is 27.5 Å². The Hall–Kier alpha value is -0.940. The van der Waals surface area contributed by atoms with Crippen LogP contribution in [0, 0.1) is 11.2 Å². The molecular formula is C13H18BrFN2O. The van der Waals surface area contributed by atoms with Crippen LogP contribution in [0.3, 0.4) is 0 Å². The van der Waals surface area contributed by atoms with Crippen LogP contribution >= 0.6 is 15.9 Å². The fourth-order valence-corrected chi connectivity index (χ4v) is 2.17. The number of benzene rings is 1. The third-order valence-corrected chi connectivity index (χ3v) is 4.01. The van der Waals surface area contributed by atoms with E-state index in [4.69, 9.17) is 5.73 Å². The molecule has 3 nitrogen and oxygen atoms in total. The lowest BCUT2D eigenvalue weighted by atomic mass is 9.81. The normalized spacial score (nSPS) is 11.4. The molecule has 0 fully saturated rings. The maximum Gasteiger partial charge on any atom is 0.231 e. The predicted molar refractivity (Wildman–Crippen MR) is 74.8 cm³/mol. The van der Waals surface area contributed by atoms with Crippen molar-refractivity contribution in [2.45, 2.75) is 26.7 Å². The Morgan fingerprint density at radius 3 is 2.50 bits per heavy atom. The Morgan fingerprint density at radius 2 is 2.06 bits per heavy atom. The highest BCUT2D eigenvalue weighted by Gasteiger charge is 2.33. The average Bonchev–Trinajstić information content (AvgIpc) is 2.37. The molecular weight excluding hydrogens is 299 g/mol. The third-order valence-electron chi connectivity index (χ3n) is 3.40. The maximum absolute atomic E-state index is 13.1. The maximum atomic E-state index is 13.1. The number of rotatable bonds is 5. The molecule has 0 aliphatic carbocycles. The van der Waals surface area contributed by atoms with Gasteiger partial charge in [-0.05, 0) is 47.0 Å². The van der Waals surface area contributed by atoms with Crippen molar-refractivity contribution in [3.05, 3.63) is 28.5 Å². The molecule has 1 amide bonds. The van der Waals surface area contributed by atoms with Gasteiger partial charge in [0.1, 0.15) is 5.82 Å². The number of carbonyl (C=O) groups is 1. The highest BCUT2D eigenvalue weighted by atomic mass is 79.9. The van der Waals surface area contributed by atoms with Crippen LogP contribution in [0.4, 0.5) is 10.1 Å². The summed E-state index contributed by atoms with van der Waals surface area (Å²) in [5, 5.41) is 2.79. The average molecular weight is 317 g/mol. The van der Waals surface area contributed by atoms with Crippen molar-refractivity contribution in [3.8, 4) is 0 Å². The third kappa shape index (κ3) is 3.09. The van der Waals surface area contributed by atoms with Crippen LogP contribution in [0.25, 0.3) is 0 Å². The van der Waals surface area contributed by atoms with Gasteiger partial charge in [-0.25, -0.2) is 4.39 Å². The van der Waals surface area contributed by atoms with Crippen LogP contribution in [-0.2, 0) is 4.79 Å². The summed E-state index contributed by atoms with van der Waals surface area (Å²) in [6.45, 7) is 4.18. The highest BCUT2D eigenvalue weighted by Crippen LogP contribution is 2.28. The molecule has 0 aliphatic rings. The van der Waals surface area contributed by atoms with E-state index in [1.807, 2.05) is 13.8 Å². The quantitative estimate of drug-likeness (QED) is 0.875. The van der Waals surface area contributed by atoms with E-state index in [0.717, 1.165) is 0 Å². The van der Waals surface area contributed by atoms with Crippen molar-refractivity contribution in [2.75, 3.05) is 11.9 Å². The van der Waals surface area contributed by atoms with Gasteiger partial charge in [-0.3, -0.25) is 4.79 Å². The smallest absolute Gasteiger partial charge is 0.231 e. The molecule has 18 heavy (non-hydrogen) atoms. The van der Waals surface area contributed by atoms with E-state index >= 15 is 0 Å². The Balaban J connectivity index is 2.89. The van der Waals surface area contributed by atoms with Gasteiger partial charge in [-0.15, -0.1) is 0 Å². The van der Waals surface area contributed by atoms with Crippen molar-refractivity contribution in [2.24, 2.45) is 11.1 Å². The van der Waals surface area contributed by atoms with Gasteiger partial charge < -0.3 is 11.1 Å². The second-order valence-electron chi connectivity index (χ2n) is 4.27. The molecule has 1 rings (SSSR count). The lowest BCUT2D eigenvalue weighted by molar-refractivity contribution is -0.125. The number of anilines is 1. The number of amides is 1. The van der Waals surface area contributed by atoms with Gasteiger partial charge in [0, 0.05) is 12.2 Å². The molecule has 5 heteroatoms. The Morgan fingerprint density at radius 1 is 1.44 bits per heavy atom. The van der Waals surface area contributed by atoms with Crippen molar-refractivity contribution in [1.29, 1.82) is 0 Å². The largest absolute Gasteiger partial charge is 0.329 e. The molecule has 0 aliphatic heterocycles. The Bertz CT molecular complexity index is 425. The predicted octanol–water partition coefficient (Wildman–Crippen LogP) is 3.29. The first-order valence-corrected chi connectivity index (χ1v) is 6.75. The van der Waals surface area contributed by atoms with Gasteiger partial charge in [0.2, 0.25) is 5.91 Å². The summed E-state index contributed by atoms with van der Waals surface area (Å²) in [7, 11) is 0. The molecule has 3 N–H and O–H groups in total. The standard InChI is InChI=1S/C13H18BrFN2O/c1-3-13(4-2,8-16)12(18)17-9-5-6-11(15)10(14)7-9/h5-7H,3-4,8,16H2,1-2H3,(H,17,18). The highest BCUT2D eigenvalue weighted by molar-refractivity contribution is 9.10. The number of nitrogens with two attached hydrogens (primary N) is 1. The van der Waals surface area contributed by atoms with E-state index in [1.54, 1.807) is 6.07 Å². The molecule has 100 valence electrons. The van der Waals surface area contributed by atoms with Crippen LogP contribution < -0.4 is 11.1 Å². The molecule has 0 unspecified atom stereocenters. The zero-order chi connectivity index (χ0) is 13.8. The van der Waals surface area contributed by atoms with E-state index in [9.17, 15) is 9.18 Å². The minimum Gasteiger partial charge on any atom is -0.329 e. The fraction of sp³-hybridized carbons (Fsp3) is 0.462. The Labute approximate surface area is 115 Å². The molecule has 0 saturated heterocycles. The summed E-state index contributed by atoms with van der Waals surface area (Å²) in [6, 6.07) is 4.38. The molecule has 0 atom stereocenters. The number of halogens is 2. The minimum atomic E-state index is -0.555. The summed E-state index contributed by atoms with van der Waals surface area (Å²) in [5.74, 6) is -0.474. The van der Waals surface area contributed by atoms with Crippen LogP contribution in [0.5, 0.6) is 0 Å². The zero-order valence-corrected chi connectivity index (χ0v) is 12.2. The van der Waals surface area contributed by atoms with Crippen LogP contribution in [0.2, 0.25) is 0 Å². The summed E-state index contributed by atoms with van der Waals surface area (Å²) in [5.41, 5.74) is 5.72. The lowest BCUT2D eigenvalue weighted by Crippen LogP contribution is -2.41. The van der Waals surface area contributed by atoms with Gasteiger partial charge in [0.15, 0.2) is 0 Å². The van der Waals surface area contributed by atoms with Gasteiger partial charge in [-0.1, -0.05) is 13.8 Å². The van der Waals surface area contributed by atoms with E-state index in [2.05, 4.69) is 21.2 Å². The minimum absolute atomic E-state index is 0.117. The zero-order valence-electron chi connectivity index (χ0n) is 10.6. The van der Waals surface area contributed by atoms with Crippen molar-refractivity contribution < 1.29 is 9.18 Å². The molecule has 0 aromatic heterocycles. The number of nitrogens with one attached hydrogen (secondary N) is 1. The van der Waals surface area contributed by atoms with E-state index in [0.29, 0.717) is 29.5 Å². The van der Waals surface area contributed by atoms with Crippen LogP contribution in [0.15, 0.2) is 22.7 Å². The Kier molecular flexibility index (Phi) is 5.28. The molecule has 0 bridgehead atoms. The molecule has 0 saturated carbocycles. The second-order valence-corrected chi connectivity index (χ2v) is 5.13. The number of hydrogen-bond donors (Lipinski definition) is 2. The fourth-order valence-electron chi connectivity index (χ4n) is 1.79. The summed E-state index contributed by atoms with van der Waals surface area (Å²) in [6.07, 6.45) is 1.35. The molecule has 0 heterocycles. The summed E-state index contributed by atoms with van der Waals surface area (Å²) in [4.78, 5) is 12.2. The van der Waals surface area contributed by atoms with Gasteiger partial charge in [0.25, 0.3) is 0 Å². The van der Waals surface area contributed by atoms with Crippen LogP contribution in [-0.4, -0.2) is 12.5 Å². The molecule has 0 spiro atoms. The monoisotopic (exact) mass is 316 g/mol. The van der Waals surface area contributed by atoms with Crippen molar-refractivity contribution in [3.63, 3.8) is 0 Å². The number of hydrogen-bond acceptors (Lipinski definition) is 2. The topological polar surface area (TPSA) is 55.1 Å². The van der Waals surface area contributed by atoms with Gasteiger partial charge in [-0.2, -0.15) is 0 Å². The van der Waals surface area contributed by atoms with Crippen molar-refractivity contribution in [1.82, 2.24) is 0 Å². The molecule has 1 aromatic rings. The second kappa shape index (κ2) is 6.29. The first-order valence-electron chi connectivity index (χ1n) is 5.95. The number of carbonyl (C=O) groups excluding carboxylic acids is 1.